The Morgan fingerprint density at radius 2 is 1.86 bits per heavy atom. The van der Waals surface area contributed by atoms with E-state index < -0.39 is 9.84 Å². The van der Waals surface area contributed by atoms with Gasteiger partial charge in [-0.2, -0.15) is 0 Å². The quantitative estimate of drug-likeness (QED) is 0.845. The average molecular weight is 308 g/mol. The molecule has 2 rings (SSSR count). The van der Waals surface area contributed by atoms with Crippen molar-refractivity contribution in [3.63, 3.8) is 0 Å². The first-order valence-corrected chi connectivity index (χ1v) is 9.16. The number of benzene rings is 1. The number of hydrogen-bond acceptors (Lipinski definition) is 4. The first-order chi connectivity index (χ1) is 9.88. The smallest absolute Gasteiger partial charge is 0.175 e. The molecule has 0 aromatic heterocycles. The van der Waals surface area contributed by atoms with Crippen molar-refractivity contribution in [3.05, 3.63) is 42.0 Å². The molecule has 1 aliphatic heterocycles. The maximum Gasteiger partial charge on any atom is 0.175 e. The summed E-state index contributed by atoms with van der Waals surface area (Å²) in [4.78, 5) is 2.82. The van der Waals surface area contributed by atoms with E-state index >= 15 is 0 Å². The van der Waals surface area contributed by atoms with Gasteiger partial charge in [0.05, 0.1) is 4.90 Å². The minimum absolute atomic E-state index is 0.276. The Hall–Kier alpha value is -1.17. The van der Waals surface area contributed by atoms with Gasteiger partial charge in [-0.15, -0.1) is 6.58 Å². The summed E-state index contributed by atoms with van der Waals surface area (Å²) in [6, 6.07) is 7.56. The third-order valence-electron chi connectivity index (χ3n) is 3.83. The van der Waals surface area contributed by atoms with E-state index in [2.05, 4.69) is 16.8 Å². The van der Waals surface area contributed by atoms with E-state index in [-0.39, 0.29) is 6.04 Å². The summed E-state index contributed by atoms with van der Waals surface area (Å²) in [5, 5.41) is 3.36. The van der Waals surface area contributed by atoms with Crippen LogP contribution in [-0.4, -0.2) is 45.8 Å². The number of nitrogens with zero attached hydrogens (tertiary/aromatic N) is 1. The highest BCUT2D eigenvalue weighted by atomic mass is 32.2. The molecule has 0 aliphatic carbocycles. The first-order valence-electron chi connectivity index (χ1n) is 7.27. The molecule has 1 fully saturated rings. The second-order valence-corrected chi connectivity index (χ2v) is 7.82. The zero-order valence-corrected chi connectivity index (χ0v) is 13.6. The van der Waals surface area contributed by atoms with E-state index in [0.717, 1.165) is 43.7 Å². The fourth-order valence-electron chi connectivity index (χ4n) is 2.72. The lowest BCUT2D eigenvalue weighted by molar-refractivity contribution is 0.172. The van der Waals surface area contributed by atoms with Gasteiger partial charge in [0.25, 0.3) is 0 Å². The van der Waals surface area contributed by atoms with Crippen LogP contribution in [0.5, 0.6) is 0 Å². The van der Waals surface area contributed by atoms with Gasteiger partial charge in [0.2, 0.25) is 0 Å². The zero-order valence-electron chi connectivity index (χ0n) is 12.8. The molecule has 21 heavy (non-hydrogen) atoms. The Morgan fingerprint density at radius 1 is 1.29 bits per heavy atom. The number of rotatable bonds is 5. The summed E-state index contributed by atoms with van der Waals surface area (Å²) in [6.07, 6.45) is 2.14. The summed E-state index contributed by atoms with van der Waals surface area (Å²) < 4.78 is 23.1. The summed E-state index contributed by atoms with van der Waals surface area (Å²) in [7, 11) is -3.13. The molecule has 1 N–H and O–H groups in total. The van der Waals surface area contributed by atoms with Gasteiger partial charge < -0.3 is 5.32 Å². The topological polar surface area (TPSA) is 49.4 Å². The zero-order chi connectivity index (χ0) is 15.5. The van der Waals surface area contributed by atoms with Crippen molar-refractivity contribution in [3.8, 4) is 0 Å². The van der Waals surface area contributed by atoms with Crippen LogP contribution in [0, 0.1) is 0 Å². The van der Waals surface area contributed by atoms with Crippen LogP contribution in [0.2, 0.25) is 0 Å². The molecule has 116 valence electrons. The normalized spacial score (nSPS) is 18.4. The van der Waals surface area contributed by atoms with E-state index in [0.29, 0.717) is 4.90 Å². The van der Waals surface area contributed by atoms with Crippen LogP contribution < -0.4 is 5.32 Å². The Balaban J connectivity index is 2.25. The largest absolute Gasteiger partial charge is 0.314 e. The van der Waals surface area contributed by atoms with Gasteiger partial charge in [0, 0.05) is 38.5 Å². The van der Waals surface area contributed by atoms with Crippen LogP contribution in [-0.2, 0) is 9.84 Å². The number of nitrogens with one attached hydrogen (secondary N) is 1. The fourth-order valence-corrected chi connectivity index (χ4v) is 3.35. The Kier molecular flexibility index (Phi) is 5.19. The third kappa shape index (κ3) is 4.40. The molecule has 1 atom stereocenters. The number of sulfone groups is 1. The molecule has 1 heterocycles. The van der Waals surface area contributed by atoms with Gasteiger partial charge >= 0.3 is 0 Å². The lowest BCUT2D eigenvalue weighted by Crippen LogP contribution is -2.45. The molecule has 5 heteroatoms. The van der Waals surface area contributed by atoms with Gasteiger partial charge in [-0.1, -0.05) is 17.7 Å². The fraction of sp³-hybridized carbons (Fsp3) is 0.500. The van der Waals surface area contributed by atoms with Crippen molar-refractivity contribution in [2.24, 2.45) is 0 Å². The molecule has 1 aromatic rings. The molecule has 0 radical (unpaired) electrons. The predicted octanol–water partition coefficient (Wildman–Crippen LogP) is 2.00. The Morgan fingerprint density at radius 3 is 2.33 bits per heavy atom. The molecule has 0 bridgehead atoms. The van der Waals surface area contributed by atoms with E-state index in [1.165, 1.54) is 6.26 Å². The Labute approximate surface area is 127 Å². The van der Waals surface area contributed by atoms with Crippen LogP contribution in [0.15, 0.2) is 41.3 Å². The van der Waals surface area contributed by atoms with Crippen molar-refractivity contribution < 1.29 is 8.42 Å². The molecule has 1 aromatic carbocycles. The maximum absolute atomic E-state index is 11.6. The maximum atomic E-state index is 11.6. The van der Waals surface area contributed by atoms with E-state index in [1.807, 2.05) is 19.1 Å². The summed E-state index contributed by atoms with van der Waals surface area (Å²) in [6.45, 7) is 10.1. The van der Waals surface area contributed by atoms with Crippen LogP contribution in [0.3, 0.4) is 0 Å². The lowest BCUT2D eigenvalue weighted by atomic mass is 9.98. The second-order valence-electron chi connectivity index (χ2n) is 5.80. The summed E-state index contributed by atoms with van der Waals surface area (Å²) in [5.41, 5.74) is 2.30. The van der Waals surface area contributed by atoms with Crippen LogP contribution >= 0.6 is 0 Å². The average Bonchev–Trinajstić information content (AvgIpc) is 2.45. The standard InChI is InChI=1S/C16H24N2O2S/c1-13(2)12-16(18-10-8-17-9-11-18)14-4-6-15(7-5-14)21(3,19)20/h4-7,16-17H,1,8-12H2,2-3H3/t16-/m0/s1. The predicted molar refractivity (Wildman–Crippen MR) is 86.2 cm³/mol. The number of piperazine rings is 1. The molecule has 0 spiro atoms. The lowest BCUT2D eigenvalue weighted by Gasteiger charge is -2.35. The van der Waals surface area contributed by atoms with Crippen molar-refractivity contribution in [2.75, 3.05) is 32.4 Å². The van der Waals surface area contributed by atoms with Crippen LogP contribution in [0.1, 0.15) is 24.9 Å². The molecule has 0 amide bonds. The van der Waals surface area contributed by atoms with E-state index in [9.17, 15) is 8.42 Å². The molecular formula is C16H24N2O2S. The van der Waals surface area contributed by atoms with Crippen molar-refractivity contribution >= 4 is 9.84 Å². The van der Waals surface area contributed by atoms with Gasteiger partial charge in [-0.3, -0.25) is 4.90 Å². The first kappa shape index (κ1) is 16.2. The minimum atomic E-state index is -3.13. The Bertz CT molecular complexity index is 587. The summed E-state index contributed by atoms with van der Waals surface area (Å²) >= 11 is 0. The monoisotopic (exact) mass is 308 g/mol. The molecule has 1 aliphatic rings. The number of hydrogen-bond donors (Lipinski definition) is 1. The highest BCUT2D eigenvalue weighted by Gasteiger charge is 2.22. The third-order valence-corrected chi connectivity index (χ3v) is 4.96. The van der Waals surface area contributed by atoms with Crippen LogP contribution in [0.25, 0.3) is 0 Å². The molecule has 1 saturated heterocycles. The molecule has 0 saturated carbocycles. The van der Waals surface area contributed by atoms with Gasteiger partial charge in [-0.25, -0.2) is 8.42 Å². The second kappa shape index (κ2) is 6.73. The molecular weight excluding hydrogens is 284 g/mol. The van der Waals surface area contributed by atoms with Crippen molar-refractivity contribution in [1.82, 2.24) is 10.2 Å². The van der Waals surface area contributed by atoms with Gasteiger partial charge in [-0.05, 0) is 31.0 Å². The van der Waals surface area contributed by atoms with Crippen LogP contribution in [0.4, 0.5) is 0 Å². The highest BCUT2D eigenvalue weighted by molar-refractivity contribution is 7.90. The molecule has 4 nitrogen and oxygen atoms in total. The van der Waals surface area contributed by atoms with E-state index in [4.69, 9.17) is 0 Å². The highest BCUT2D eigenvalue weighted by Crippen LogP contribution is 2.28. The minimum Gasteiger partial charge on any atom is -0.314 e. The SMILES string of the molecule is C=C(C)C[C@@H](c1ccc(S(C)(=O)=O)cc1)N1CCNCC1. The van der Waals surface area contributed by atoms with Crippen molar-refractivity contribution in [2.45, 2.75) is 24.3 Å². The van der Waals surface area contributed by atoms with E-state index in [1.54, 1.807) is 12.1 Å². The molecule has 0 unspecified atom stereocenters. The van der Waals surface area contributed by atoms with Gasteiger partial charge in [0.1, 0.15) is 0 Å². The van der Waals surface area contributed by atoms with Crippen molar-refractivity contribution in [1.29, 1.82) is 0 Å². The summed E-state index contributed by atoms with van der Waals surface area (Å²) in [5.74, 6) is 0. The van der Waals surface area contributed by atoms with Gasteiger partial charge in [0.15, 0.2) is 9.84 Å².